The van der Waals surface area contributed by atoms with E-state index in [1.54, 1.807) is 6.20 Å². The fraction of sp³-hybridized carbons (Fsp3) is 0.0952. The maximum atomic E-state index is 5.49. The SMILES string of the molecule is C[C@H](Nc1ncccc1-c1nc(-c2ccccc2)no1)c1ccccc1. The summed E-state index contributed by atoms with van der Waals surface area (Å²) in [6.45, 7) is 2.09. The molecule has 0 spiro atoms. The Labute approximate surface area is 151 Å². The van der Waals surface area contributed by atoms with E-state index < -0.39 is 0 Å². The molecule has 5 nitrogen and oxygen atoms in total. The first-order valence-corrected chi connectivity index (χ1v) is 8.47. The van der Waals surface area contributed by atoms with Gasteiger partial charge in [-0.2, -0.15) is 4.98 Å². The molecule has 0 saturated heterocycles. The van der Waals surface area contributed by atoms with Crippen LogP contribution in [0.5, 0.6) is 0 Å². The monoisotopic (exact) mass is 342 g/mol. The van der Waals surface area contributed by atoms with Gasteiger partial charge in [0.05, 0.1) is 5.56 Å². The molecule has 4 aromatic rings. The fourth-order valence-electron chi connectivity index (χ4n) is 2.76. The number of nitrogens with one attached hydrogen (secondary N) is 1. The highest BCUT2D eigenvalue weighted by atomic mass is 16.5. The summed E-state index contributed by atoms with van der Waals surface area (Å²) < 4.78 is 5.49. The lowest BCUT2D eigenvalue weighted by Gasteiger charge is -2.16. The first kappa shape index (κ1) is 16.0. The van der Waals surface area contributed by atoms with Crippen LogP contribution >= 0.6 is 0 Å². The third kappa shape index (κ3) is 3.32. The number of anilines is 1. The van der Waals surface area contributed by atoms with Gasteiger partial charge in [-0.3, -0.25) is 0 Å². The fourth-order valence-corrected chi connectivity index (χ4v) is 2.76. The topological polar surface area (TPSA) is 63.8 Å². The predicted molar refractivity (Wildman–Crippen MR) is 101 cm³/mol. The van der Waals surface area contributed by atoms with Gasteiger partial charge in [0.2, 0.25) is 5.82 Å². The minimum absolute atomic E-state index is 0.0985. The largest absolute Gasteiger partial charge is 0.363 e. The minimum Gasteiger partial charge on any atom is -0.363 e. The van der Waals surface area contributed by atoms with Crippen LogP contribution in [0.4, 0.5) is 5.82 Å². The van der Waals surface area contributed by atoms with E-state index in [0.29, 0.717) is 17.5 Å². The molecule has 26 heavy (non-hydrogen) atoms. The van der Waals surface area contributed by atoms with Gasteiger partial charge in [0.15, 0.2) is 0 Å². The maximum absolute atomic E-state index is 5.49. The summed E-state index contributed by atoms with van der Waals surface area (Å²) >= 11 is 0. The summed E-state index contributed by atoms with van der Waals surface area (Å²) in [5.41, 5.74) is 2.88. The van der Waals surface area contributed by atoms with Gasteiger partial charge in [-0.15, -0.1) is 0 Å². The smallest absolute Gasteiger partial charge is 0.261 e. The second kappa shape index (κ2) is 7.19. The van der Waals surface area contributed by atoms with Gasteiger partial charge >= 0.3 is 0 Å². The predicted octanol–water partition coefficient (Wildman–Crippen LogP) is 4.97. The quantitative estimate of drug-likeness (QED) is 0.554. The van der Waals surface area contributed by atoms with Crippen molar-refractivity contribution in [3.05, 3.63) is 84.6 Å². The third-order valence-corrected chi connectivity index (χ3v) is 4.15. The zero-order valence-corrected chi connectivity index (χ0v) is 14.3. The van der Waals surface area contributed by atoms with E-state index in [4.69, 9.17) is 4.52 Å². The number of hydrogen-bond donors (Lipinski definition) is 1. The van der Waals surface area contributed by atoms with Crippen LogP contribution in [0.3, 0.4) is 0 Å². The molecule has 1 N–H and O–H groups in total. The number of pyridine rings is 1. The van der Waals surface area contributed by atoms with E-state index in [2.05, 4.69) is 39.5 Å². The van der Waals surface area contributed by atoms with Crippen molar-refractivity contribution in [2.24, 2.45) is 0 Å². The van der Waals surface area contributed by atoms with Crippen LogP contribution in [0.1, 0.15) is 18.5 Å². The molecule has 1 atom stereocenters. The zero-order valence-electron chi connectivity index (χ0n) is 14.3. The lowest BCUT2D eigenvalue weighted by molar-refractivity contribution is 0.432. The van der Waals surface area contributed by atoms with Crippen molar-refractivity contribution in [1.82, 2.24) is 15.1 Å². The van der Waals surface area contributed by atoms with Gasteiger partial charge in [0, 0.05) is 17.8 Å². The van der Waals surface area contributed by atoms with E-state index in [1.807, 2.05) is 60.7 Å². The standard InChI is InChI=1S/C21H18N4O/c1-15(16-9-4-2-5-10-16)23-20-18(13-8-14-22-20)21-24-19(25-26-21)17-11-6-3-7-12-17/h2-15H,1H3,(H,22,23)/t15-/m0/s1. The summed E-state index contributed by atoms with van der Waals surface area (Å²) in [6, 6.07) is 23.9. The van der Waals surface area contributed by atoms with Crippen molar-refractivity contribution >= 4 is 5.82 Å². The van der Waals surface area contributed by atoms with Gasteiger partial charge in [-0.25, -0.2) is 4.98 Å². The second-order valence-corrected chi connectivity index (χ2v) is 5.97. The molecule has 2 aromatic heterocycles. The van der Waals surface area contributed by atoms with Crippen molar-refractivity contribution in [3.8, 4) is 22.8 Å². The maximum Gasteiger partial charge on any atom is 0.261 e. The molecule has 128 valence electrons. The first-order chi connectivity index (χ1) is 12.8. The molecule has 0 bridgehead atoms. The highest BCUT2D eigenvalue weighted by Gasteiger charge is 2.16. The van der Waals surface area contributed by atoms with E-state index in [9.17, 15) is 0 Å². The van der Waals surface area contributed by atoms with E-state index in [0.717, 1.165) is 11.1 Å². The average molecular weight is 342 g/mol. The number of benzene rings is 2. The van der Waals surface area contributed by atoms with Crippen molar-refractivity contribution < 1.29 is 4.52 Å². The molecule has 0 aliphatic carbocycles. The number of rotatable bonds is 5. The molecule has 0 unspecified atom stereocenters. The van der Waals surface area contributed by atoms with Crippen LogP contribution in [0.15, 0.2) is 83.5 Å². The Balaban J connectivity index is 1.63. The lowest BCUT2D eigenvalue weighted by Crippen LogP contribution is -2.08. The van der Waals surface area contributed by atoms with Gasteiger partial charge in [-0.05, 0) is 24.6 Å². The average Bonchev–Trinajstić information content (AvgIpc) is 3.20. The van der Waals surface area contributed by atoms with Crippen molar-refractivity contribution in [3.63, 3.8) is 0 Å². The Kier molecular flexibility index (Phi) is 4.43. The van der Waals surface area contributed by atoms with Crippen LogP contribution in [-0.2, 0) is 0 Å². The number of aromatic nitrogens is 3. The van der Waals surface area contributed by atoms with Gasteiger partial charge in [0.1, 0.15) is 5.82 Å². The molecule has 0 radical (unpaired) electrons. The van der Waals surface area contributed by atoms with Gasteiger partial charge in [0.25, 0.3) is 5.89 Å². The van der Waals surface area contributed by atoms with E-state index in [1.165, 1.54) is 5.56 Å². The van der Waals surface area contributed by atoms with Gasteiger partial charge < -0.3 is 9.84 Å². The van der Waals surface area contributed by atoms with E-state index >= 15 is 0 Å². The zero-order chi connectivity index (χ0) is 17.8. The molecule has 0 amide bonds. The van der Waals surface area contributed by atoms with Crippen LogP contribution in [0.25, 0.3) is 22.8 Å². The molecule has 2 heterocycles. The molecular formula is C21H18N4O. The molecule has 0 aliphatic heterocycles. The number of nitrogens with zero attached hydrogens (tertiary/aromatic N) is 3. The lowest BCUT2D eigenvalue weighted by atomic mass is 10.1. The summed E-state index contributed by atoms with van der Waals surface area (Å²) in [5.74, 6) is 1.72. The third-order valence-electron chi connectivity index (χ3n) is 4.15. The first-order valence-electron chi connectivity index (χ1n) is 8.47. The molecule has 0 fully saturated rings. The Bertz CT molecular complexity index is 983. The summed E-state index contributed by atoms with van der Waals surface area (Å²) in [7, 11) is 0. The van der Waals surface area contributed by atoms with Gasteiger partial charge in [-0.1, -0.05) is 65.8 Å². The molecule has 5 heteroatoms. The highest BCUT2D eigenvalue weighted by Crippen LogP contribution is 2.29. The minimum atomic E-state index is 0.0985. The molecule has 4 rings (SSSR count). The Morgan fingerprint density at radius 3 is 2.38 bits per heavy atom. The van der Waals surface area contributed by atoms with Crippen molar-refractivity contribution in [2.45, 2.75) is 13.0 Å². The summed E-state index contributed by atoms with van der Waals surface area (Å²) in [6.07, 6.45) is 1.75. The van der Waals surface area contributed by atoms with Crippen LogP contribution < -0.4 is 5.32 Å². The Morgan fingerprint density at radius 1 is 0.885 bits per heavy atom. The number of hydrogen-bond acceptors (Lipinski definition) is 5. The molecule has 0 aliphatic rings. The summed E-state index contributed by atoms with van der Waals surface area (Å²) in [5, 5.41) is 7.53. The second-order valence-electron chi connectivity index (χ2n) is 5.97. The molecular weight excluding hydrogens is 324 g/mol. The normalized spacial score (nSPS) is 11.9. The molecule has 0 saturated carbocycles. The van der Waals surface area contributed by atoms with Crippen molar-refractivity contribution in [2.75, 3.05) is 5.32 Å². The summed E-state index contributed by atoms with van der Waals surface area (Å²) in [4.78, 5) is 9.00. The highest BCUT2D eigenvalue weighted by molar-refractivity contribution is 5.70. The Morgan fingerprint density at radius 2 is 1.62 bits per heavy atom. The van der Waals surface area contributed by atoms with Crippen LogP contribution in [-0.4, -0.2) is 15.1 Å². The molecule has 2 aromatic carbocycles. The Hall–Kier alpha value is -3.47. The van der Waals surface area contributed by atoms with Crippen LogP contribution in [0.2, 0.25) is 0 Å². The van der Waals surface area contributed by atoms with Crippen LogP contribution in [0, 0.1) is 0 Å². The van der Waals surface area contributed by atoms with Crippen molar-refractivity contribution in [1.29, 1.82) is 0 Å². The van der Waals surface area contributed by atoms with E-state index in [-0.39, 0.29) is 6.04 Å².